The molecule has 1 aromatic rings. The molecule has 0 spiro atoms. The van der Waals surface area contributed by atoms with Gasteiger partial charge in [-0.15, -0.1) is 0 Å². The van der Waals surface area contributed by atoms with Crippen LogP contribution in [0.3, 0.4) is 0 Å². The first-order valence-corrected chi connectivity index (χ1v) is 7.37. The van der Waals surface area contributed by atoms with Crippen LogP contribution in [0.2, 0.25) is 0 Å². The number of halogens is 1. The zero-order chi connectivity index (χ0) is 15.0. The SMILES string of the molecule is NCCCCCCC(=O)Nc1c(Br)cccc1C(=O)O. The fourth-order valence-corrected chi connectivity index (χ4v) is 2.28. The predicted octanol–water partition coefficient (Wildman–Crippen LogP) is 3.00. The number of carbonyl (C=O) groups excluding carboxylic acids is 1. The molecule has 1 amide bonds. The molecule has 0 heterocycles. The van der Waals surface area contributed by atoms with Gasteiger partial charge in [-0.05, 0) is 47.4 Å². The average Bonchev–Trinajstić information content (AvgIpc) is 2.40. The van der Waals surface area contributed by atoms with Crippen LogP contribution < -0.4 is 11.1 Å². The summed E-state index contributed by atoms with van der Waals surface area (Å²) >= 11 is 3.25. The smallest absolute Gasteiger partial charge is 0.337 e. The highest BCUT2D eigenvalue weighted by Crippen LogP contribution is 2.26. The van der Waals surface area contributed by atoms with Crippen LogP contribution >= 0.6 is 15.9 Å². The van der Waals surface area contributed by atoms with Gasteiger partial charge in [0.15, 0.2) is 0 Å². The Morgan fingerprint density at radius 2 is 1.90 bits per heavy atom. The van der Waals surface area contributed by atoms with E-state index in [1.807, 2.05) is 0 Å². The van der Waals surface area contributed by atoms with Gasteiger partial charge in [0.05, 0.1) is 11.3 Å². The third-order valence-corrected chi connectivity index (χ3v) is 3.53. The maximum Gasteiger partial charge on any atom is 0.337 e. The fraction of sp³-hybridized carbons (Fsp3) is 0.429. The van der Waals surface area contributed by atoms with Crippen molar-refractivity contribution in [1.29, 1.82) is 0 Å². The summed E-state index contributed by atoms with van der Waals surface area (Å²) in [4.78, 5) is 22.9. The van der Waals surface area contributed by atoms with E-state index in [0.29, 0.717) is 23.1 Å². The van der Waals surface area contributed by atoms with Crippen molar-refractivity contribution < 1.29 is 14.7 Å². The Labute approximate surface area is 126 Å². The number of carboxylic acid groups (broad SMARTS) is 1. The van der Waals surface area contributed by atoms with Crippen LogP contribution in [0.15, 0.2) is 22.7 Å². The molecule has 0 fully saturated rings. The molecule has 4 N–H and O–H groups in total. The summed E-state index contributed by atoms with van der Waals surface area (Å²) in [5.74, 6) is -1.24. The number of carbonyl (C=O) groups is 2. The first-order chi connectivity index (χ1) is 9.56. The Hall–Kier alpha value is -1.40. The van der Waals surface area contributed by atoms with Gasteiger partial charge in [-0.25, -0.2) is 4.79 Å². The lowest BCUT2D eigenvalue weighted by Gasteiger charge is -2.10. The number of benzene rings is 1. The quantitative estimate of drug-likeness (QED) is 0.633. The number of carboxylic acids is 1. The zero-order valence-corrected chi connectivity index (χ0v) is 12.8. The molecule has 20 heavy (non-hydrogen) atoms. The molecule has 5 nitrogen and oxygen atoms in total. The van der Waals surface area contributed by atoms with Gasteiger partial charge in [0.2, 0.25) is 5.91 Å². The topological polar surface area (TPSA) is 92.4 Å². The van der Waals surface area contributed by atoms with Gasteiger partial charge in [-0.3, -0.25) is 4.79 Å². The van der Waals surface area contributed by atoms with Crippen LogP contribution in [0.25, 0.3) is 0 Å². The summed E-state index contributed by atoms with van der Waals surface area (Å²) in [5, 5.41) is 11.8. The summed E-state index contributed by atoms with van der Waals surface area (Å²) in [6, 6.07) is 4.78. The number of nitrogens with one attached hydrogen (secondary N) is 1. The number of para-hydroxylation sites is 1. The van der Waals surface area contributed by atoms with Crippen molar-refractivity contribution in [2.45, 2.75) is 32.1 Å². The number of unbranched alkanes of at least 4 members (excludes halogenated alkanes) is 3. The number of rotatable bonds is 8. The molecular weight excluding hydrogens is 324 g/mol. The highest BCUT2D eigenvalue weighted by molar-refractivity contribution is 9.10. The van der Waals surface area contributed by atoms with Crippen molar-refractivity contribution >= 4 is 33.5 Å². The Balaban J connectivity index is 2.55. The molecule has 0 atom stereocenters. The molecule has 110 valence electrons. The van der Waals surface area contributed by atoms with Crippen LogP contribution in [-0.2, 0) is 4.79 Å². The van der Waals surface area contributed by atoms with Crippen molar-refractivity contribution in [2.24, 2.45) is 5.73 Å². The van der Waals surface area contributed by atoms with E-state index in [2.05, 4.69) is 21.2 Å². The summed E-state index contributed by atoms with van der Waals surface area (Å²) in [6.07, 6.45) is 4.09. The second-order valence-electron chi connectivity index (χ2n) is 4.47. The highest BCUT2D eigenvalue weighted by atomic mass is 79.9. The molecule has 1 aromatic carbocycles. The van der Waals surface area contributed by atoms with Crippen LogP contribution in [0.4, 0.5) is 5.69 Å². The molecule has 0 aliphatic carbocycles. The van der Waals surface area contributed by atoms with Crippen molar-refractivity contribution in [1.82, 2.24) is 0 Å². The van der Waals surface area contributed by atoms with Crippen molar-refractivity contribution in [3.05, 3.63) is 28.2 Å². The molecule has 0 aliphatic rings. The zero-order valence-electron chi connectivity index (χ0n) is 11.2. The molecule has 0 saturated carbocycles. The lowest BCUT2D eigenvalue weighted by Crippen LogP contribution is -2.14. The normalized spacial score (nSPS) is 10.3. The van der Waals surface area contributed by atoms with Gasteiger partial charge in [-0.1, -0.05) is 18.9 Å². The average molecular weight is 343 g/mol. The minimum absolute atomic E-state index is 0.0795. The molecule has 0 radical (unpaired) electrons. The van der Waals surface area contributed by atoms with Gasteiger partial charge < -0.3 is 16.2 Å². The standard InChI is InChI=1S/C14H19BrN2O3/c15-11-7-5-6-10(14(19)20)13(11)17-12(18)8-3-1-2-4-9-16/h5-7H,1-4,8-9,16H2,(H,17,18)(H,19,20). The van der Waals surface area contributed by atoms with Crippen molar-refractivity contribution in [3.8, 4) is 0 Å². The van der Waals surface area contributed by atoms with Gasteiger partial charge in [0.25, 0.3) is 0 Å². The van der Waals surface area contributed by atoms with Gasteiger partial charge in [0, 0.05) is 10.9 Å². The number of anilines is 1. The minimum atomic E-state index is -1.07. The van der Waals surface area contributed by atoms with E-state index in [-0.39, 0.29) is 11.5 Å². The predicted molar refractivity (Wildman–Crippen MR) is 81.9 cm³/mol. The van der Waals surface area contributed by atoms with Crippen molar-refractivity contribution in [2.75, 3.05) is 11.9 Å². The molecule has 0 aliphatic heterocycles. The maximum atomic E-state index is 11.8. The van der Waals surface area contributed by atoms with Gasteiger partial charge in [-0.2, -0.15) is 0 Å². The minimum Gasteiger partial charge on any atom is -0.478 e. The van der Waals surface area contributed by atoms with Crippen LogP contribution in [-0.4, -0.2) is 23.5 Å². The largest absolute Gasteiger partial charge is 0.478 e. The number of hydrogen-bond acceptors (Lipinski definition) is 3. The second-order valence-corrected chi connectivity index (χ2v) is 5.32. The molecular formula is C14H19BrN2O3. The second kappa shape index (κ2) is 8.71. The summed E-state index contributed by atoms with van der Waals surface area (Å²) < 4.78 is 0.564. The first kappa shape index (κ1) is 16.7. The van der Waals surface area contributed by atoms with E-state index in [1.54, 1.807) is 12.1 Å². The highest BCUT2D eigenvalue weighted by Gasteiger charge is 2.14. The van der Waals surface area contributed by atoms with Crippen molar-refractivity contribution in [3.63, 3.8) is 0 Å². The third kappa shape index (κ3) is 5.30. The Kier molecular flexibility index (Phi) is 7.25. The van der Waals surface area contributed by atoms with E-state index in [0.717, 1.165) is 25.7 Å². The number of amides is 1. The molecule has 0 bridgehead atoms. The monoisotopic (exact) mass is 342 g/mol. The molecule has 0 saturated heterocycles. The van der Waals surface area contributed by atoms with E-state index < -0.39 is 5.97 Å². The third-order valence-electron chi connectivity index (χ3n) is 2.87. The lowest BCUT2D eigenvalue weighted by molar-refractivity contribution is -0.116. The fourth-order valence-electron chi connectivity index (χ4n) is 1.81. The summed E-state index contributed by atoms with van der Waals surface area (Å²) in [7, 11) is 0. The molecule has 6 heteroatoms. The van der Waals surface area contributed by atoms with E-state index in [1.165, 1.54) is 6.07 Å². The van der Waals surface area contributed by atoms with Crippen LogP contribution in [0.1, 0.15) is 42.5 Å². The van der Waals surface area contributed by atoms with Crippen LogP contribution in [0.5, 0.6) is 0 Å². The summed E-state index contributed by atoms with van der Waals surface area (Å²) in [6.45, 7) is 0.672. The Morgan fingerprint density at radius 1 is 1.20 bits per heavy atom. The first-order valence-electron chi connectivity index (χ1n) is 6.58. The van der Waals surface area contributed by atoms with E-state index in [9.17, 15) is 9.59 Å². The number of aromatic carboxylic acids is 1. The molecule has 0 aromatic heterocycles. The van der Waals surface area contributed by atoms with Gasteiger partial charge in [0.1, 0.15) is 0 Å². The molecule has 1 rings (SSSR count). The maximum absolute atomic E-state index is 11.8. The van der Waals surface area contributed by atoms with Crippen LogP contribution in [0, 0.1) is 0 Å². The number of nitrogens with two attached hydrogens (primary N) is 1. The summed E-state index contributed by atoms with van der Waals surface area (Å²) in [5.41, 5.74) is 5.79. The van der Waals surface area contributed by atoms with Gasteiger partial charge >= 0.3 is 5.97 Å². The Bertz CT molecular complexity index is 477. The lowest BCUT2D eigenvalue weighted by atomic mass is 10.1. The van der Waals surface area contributed by atoms with E-state index >= 15 is 0 Å². The number of hydrogen-bond donors (Lipinski definition) is 3. The molecule has 0 unspecified atom stereocenters. The van der Waals surface area contributed by atoms with E-state index in [4.69, 9.17) is 10.8 Å². The Morgan fingerprint density at radius 3 is 2.55 bits per heavy atom.